The van der Waals surface area contributed by atoms with E-state index in [1.165, 1.54) is 16.7 Å². The average molecular weight is 307 g/mol. The Balaban J connectivity index is 1.45. The van der Waals surface area contributed by atoms with Gasteiger partial charge in [0.05, 0.1) is 7.11 Å². The SMILES string of the molecule is COc1cccc([C@@H]2C[C@H]2C(=O)N2CCc3ccccc3C2)c1. The van der Waals surface area contributed by atoms with Gasteiger partial charge in [-0.2, -0.15) is 0 Å². The number of benzene rings is 2. The van der Waals surface area contributed by atoms with Crippen LogP contribution in [0.4, 0.5) is 0 Å². The van der Waals surface area contributed by atoms with Gasteiger partial charge in [-0.05, 0) is 47.6 Å². The van der Waals surface area contributed by atoms with Crippen LogP contribution in [0.1, 0.15) is 29.0 Å². The lowest BCUT2D eigenvalue weighted by Gasteiger charge is -2.29. The molecular weight excluding hydrogens is 286 g/mol. The maximum atomic E-state index is 12.8. The van der Waals surface area contributed by atoms with Crippen LogP contribution in [0.15, 0.2) is 48.5 Å². The van der Waals surface area contributed by atoms with Crippen LogP contribution in [-0.2, 0) is 17.8 Å². The van der Waals surface area contributed by atoms with Gasteiger partial charge in [-0.3, -0.25) is 4.79 Å². The molecule has 1 saturated carbocycles. The molecule has 1 fully saturated rings. The second-order valence-electron chi connectivity index (χ2n) is 6.50. The molecule has 2 aliphatic rings. The van der Waals surface area contributed by atoms with Gasteiger partial charge in [-0.25, -0.2) is 0 Å². The third kappa shape index (κ3) is 2.72. The van der Waals surface area contributed by atoms with E-state index in [4.69, 9.17) is 4.74 Å². The fourth-order valence-electron chi connectivity index (χ4n) is 3.63. The maximum absolute atomic E-state index is 12.8. The molecule has 2 atom stereocenters. The zero-order valence-corrected chi connectivity index (χ0v) is 13.4. The Hall–Kier alpha value is -2.29. The number of fused-ring (bicyclic) bond motifs is 1. The van der Waals surface area contributed by atoms with Crippen LogP contribution in [0.2, 0.25) is 0 Å². The molecule has 2 aromatic rings. The van der Waals surface area contributed by atoms with Gasteiger partial charge in [0.25, 0.3) is 0 Å². The number of carbonyl (C=O) groups is 1. The summed E-state index contributed by atoms with van der Waals surface area (Å²) >= 11 is 0. The quantitative estimate of drug-likeness (QED) is 0.870. The molecule has 0 N–H and O–H groups in total. The lowest BCUT2D eigenvalue weighted by molar-refractivity contribution is -0.133. The summed E-state index contributed by atoms with van der Waals surface area (Å²) in [6.07, 6.45) is 1.93. The monoisotopic (exact) mass is 307 g/mol. The summed E-state index contributed by atoms with van der Waals surface area (Å²) in [5.74, 6) is 1.68. The van der Waals surface area contributed by atoms with E-state index in [1.807, 2.05) is 17.0 Å². The Morgan fingerprint density at radius 1 is 1.13 bits per heavy atom. The molecule has 0 saturated heterocycles. The minimum atomic E-state index is 0.146. The molecular formula is C20H21NO2. The first-order chi connectivity index (χ1) is 11.3. The normalized spacial score (nSPS) is 22.4. The highest BCUT2D eigenvalue weighted by Crippen LogP contribution is 2.49. The average Bonchev–Trinajstić information content (AvgIpc) is 3.41. The van der Waals surface area contributed by atoms with E-state index in [-0.39, 0.29) is 5.92 Å². The Labute approximate surface area is 136 Å². The zero-order chi connectivity index (χ0) is 15.8. The number of rotatable bonds is 3. The third-order valence-electron chi connectivity index (χ3n) is 5.07. The summed E-state index contributed by atoms with van der Waals surface area (Å²) in [6, 6.07) is 16.6. The number of ether oxygens (including phenoxy) is 1. The Bertz CT molecular complexity index is 740. The van der Waals surface area contributed by atoms with Gasteiger partial charge in [0, 0.05) is 19.0 Å². The van der Waals surface area contributed by atoms with E-state index in [2.05, 4.69) is 36.4 Å². The van der Waals surface area contributed by atoms with E-state index in [0.717, 1.165) is 31.7 Å². The van der Waals surface area contributed by atoms with Crippen LogP contribution in [0.5, 0.6) is 5.75 Å². The van der Waals surface area contributed by atoms with Crippen molar-refractivity contribution in [3.05, 3.63) is 65.2 Å². The highest BCUT2D eigenvalue weighted by molar-refractivity contribution is 5.83. The first-order valence-electron chi connectivity index (χ1n) is 8.26. The van der Waals surface area contributed by atoms with Gasteiger partial charge in [-0.15, -0.1) is 0 Å². The molecule has 0 spiro atoms. The van der Waals surface area contributed by atoms with Gasteiger partial charge < -0.3 is 9.64 Å². The van der Waals surface area contributed by atoms with Crippen molar-refractivity contribution >= 4 is 5.91 Å². The lowest BCUT2D eigenvalue weighted by Crippen LogP contribution is -2.37. The van der Waals surface area contributed by atoms with Crippen molar-refractivity contribution in [2.24, 2.45) is 5.92 Å². The first kappa shape index (κ1) is 14.3. The largest absolute Gasteiger partial charge is 0.497 e. The minimum Gasteiger partial charge on any atom is -0.497 e. The number of nitrogens with zero attached hydrogens (tertiary/aromatic N) is 1. The lowest BCUT2D eigenvalue weighted by atomic mass is 9.99. The smallest absolute Gasteiger partial charge is 0.226 e. The Morgan fingerprint density at radius 3 is 2.78 bits per heavy atom. The Morgan fingerprint density at radius 2 is 1.96 bits per heavy atom. The van der Waals surface area contributed by atoms with Crippen LogP contribution < -0.4 is 4.74 Å². The molecule has 3 nitrogen and oxygen atoms in total. The number of amides is 1. The molecule has 1 aliphatic heterocycles. The Kier molecular flexibility index (Phi) is 3.56. The number of methoxy groups -OCH3 is 1. The molecule has 0 aromatic heterocycles. The molecule has 118 valence electrons. The number of hydrogen-bond acceptors (Lipinski definition) is 2. The van der Waals surface area contributed by atoms with E-state index < -0.39 is 0 Å². The second-order valence-corrected chi connectivity index (χ2v) is 6.50. The van der Waals surface area contributed by atoms with Crippen LogP contribution in [0, 0.1) is 5.92 Å². The van der Waals surface area contributed by atoms with Gasteiger partial charge in [0.1, 0.15) is 5.75 Å². The van der Waals surface area contributed by atoms with Crippen molar-refractivity contribution in [3.63, 3.8) is 0 Å². The molecule has 1 amide bonds. The van der Waals surface area contributed by atoms with Gasteiger partial charge in [-0.1, -0.05) is 36.4 Å². The van der Waals surface area contributed by atoms with Crippen LogP contribution in [-0.4, -0.2) is 24.5 Å². The summed E-state index contributed by atoms with van der Waals surface area (Å²) in [5, 5.41) is 0. The molecule has 23 heavy (non-hydrogen) atoms. The van der Waals surface area contributed by atoms with Crippen molar-refractivity contribution in [1.29, 1.82) is 0 Å². The molecule has 1 heterocycles. The molecule has 0 bridgehead atoms. The third-order valence-corrected chi connectivity index (χ3v) is 5.07. The summed E-state index contributed by atoms with van der Waals surface area (Å²) in [4.78, 5) is 14.8. The molecule has 2 aromatic carbocycles. The van der Waals surface area contributed by atoms with Crippen molar-refractivity contribution in [3.8, 4) is 5.75 Å². The summed E-state index contributed by atoms with van der Waals surface area (Å²) in [7, 11) is 1.68. The van der Waals surface area contributed by atoms with E-state index in [0.29, 0.717) is 11.8 Å². The van der Waals surface area contributed by atoms with Crippen molar-refractivity contribution < 1.29 is 9.53 Å². The molecule has 0 unspecified atom stereocenters. The van der Waals surface area contributed by atoms with Gasteiger partial charge >= 0.3 is 0 Å². The summed E-state index contributed by atoms with van der Waals surface area (Å²) < 4.78 is 5.29. The van der Waals surface area contributed by atoms with Crippen molar-refractivity contribution in [2.45, 2.75) is 25.3 Å². The zero-order valence-electron chi connectivity index (χ0n) is 13.4. The van der Waals surface area contributed by atoms with Gasteiger partial charge in [0.15, 0.2) is 0 Å². The fraction of sp³-hybridized carbons (Fsp3) is 0.350. The van der Waals surface area contributed by atoms with Crippen LogP contribution in [0.25, 0.3) is 0 Å². The first-order valence-corrected chi connectivity index (χ1v) is 8.26. The molecule has 1 aliphatic carbocycles. The van der Waals surface area contributed by atoms with E-state index >= 15 is 0 Å². The number of hydrogen-bond donors (Lipinski definition) is 0. The summed E-state index contributed by atoms with van der Waals surface area (Å²) in [6.45, 7) is 1.60. The highest BCUT2D eigenvalue weighted by atomic mass is 16.5. The van der Waals surface area contributed by atoms with E-state index in [1.54, 1.807) is 7.11 Å². The predicted molar refractivity (Wildman–Crippen MR) is 89.4 cm³/mol. The molecule has 4 rings (SSSR count). The predicted octanol–water partition coefficient (Wildman–Crippen LogP) is 3.38. The minimum absolute atomic E-state index is 0.146. The standard InChI is InChI=1S/C20H21NO2/c1-23-17-8-4-7-15(11-17)18-12-19(18)20(22)21-10-9-14-5-2-3-6-16(14)13-21/h2-8,11,18-19H,9-10,12-13H2,1H3/t18-,19+/m0/s1. The molecule has 0 radical (unpaired) electrons. The summed E-state index contributed by atoms with van der Waals surface area (Å²) in [5.41, 5.74) is 3.91. The molecule has 3 heteroatoms. The highest BCUT2D eigenvalue weighted by Gasteiger charge is 2.46. The van der Waals surface area contributed by atoms with Crippen LogP contribution >= 0.6 is 0 Å². The second kappa shape index (κ2) is 5.73. The fourth-order valence-corrected chi connectivity index (χ4v) is 3.63. The topological polar surface area (TPSA) is 29.5 Å². The maximum Gasteiger partial charge on any atom is 0.226 e. The van der Waals surface area contributed by atoms with Crippen molar-refractivity contribution in [1.82, 2.24) is 4.90 Å². The van der Waals surface area contributed by atoms with Crippen molar-refractivity contribution in [2.75, 3.05) is 13.7 Å². The number of carbonyl (C=O) groups excluding carboxylic acids is 1. The van der Waals surface area contributed by atoms with Crippen LogP contribution in [0.3, 0.4) is 0 Å². The van der Waals surface area contributed by atoms with E-state index in [9.17, 15) is 4.79 Å². The van der Waals surface area contributed by atoms with Gasteiger partial charge in [0.2, 0.25) is 5.91 Å².